The third-order valence-electron chi connectivity index (χ3n) is 5.58. The number of aliphatic hydroxyl groups is 1. The van der Waals surface area contributed by atoms with Gasteiger partial charge in [0.15, 0.2) is 5.76 Å². The van der Waals surface area contributed by atoms with Crippen molar-refractivity contribution in [3.05, 3.63) is 57.5 Å². The van der Waals surface area contributed by atoms with Crippen molar-refractivity contribution in [3.63, 3.8) is 0 Å². The number of halogens is 1. The van der Waals surface area contributed by atoms with Crippen molar-refractivity contribution in [3.8, 4) is 0 Å². The summed E-state index contributed by atoms with van der Waals surface area (Å²) in [5.41, 5.74) is 2.21. The van der Waals surface area contributed by atoms with E-state index in [1.807, 2.05) is 32.0 Å². The van der Waals surface area contributed by atoms with E-state index in [-0.39, 0.29) is 35.6 Å². The summed E-state index contributed by atoms with van der Waals surface area (Å²) in [7, 11) is 1.51. The second-order valence-electron chi connectivity index (χ2n) is 7.68. The number of aryl methyl sites for hydroxylation is 1. The van der Waals surface area contributed by atoms with Gasteiger partial charge in [-0.1, -0.05) is 30.7 Å². The molecule has 1 atom stereocenters. The molecule has 3 N–H and O–H groups in total. The van der Waals surface area contributed by atoms with Crippen LogP contribution < -0.4 is 10.6 Å². The van der Waals surface area contributed by atoms with Crippen LogP contribution in [0.5, 0.6) is 0 Å². The lowest BCUT2D eigenvalue weighted by molar-refractivity contribution is 0.0864. The topological polar surface area (TPSA) is 91.6 Å². The molecular weight excluding hydrogens is 392 g/mol. The molecule has 156 valence electrons. The monoisotopic (exact) mass is 418 g/mol. The van der Waals surface area contributed by atoms with E-state index in [0.717, 1.165) is 24.0 Å². The molecule has 1 aromatic heterocycles. The molecule has 29 heavy (non-hydrogen) atoms. The highest BCUT2D eigenvalue weighted by atomic mass is 35.5. The molecule has 2 aromatic rings. The first-order chi connectivity index (χ1) is 13.8. The number of carbonyl (C=O) groups excluding carboxylic acids is 2. The molecule has 1 fully saturated rings. The zero-order valence-corrected chi connectivity index (χ0v) is 17.7. The van der Waals surface area contributed by atoms with E-state index >= 15 is 0 Å². The predicted molar refractivity (Wildman–Crippen MR) is 112 cm³/mol. The van der Waals surface area contributed by atoms with Gasteiger partial charge in [-0.3, -0.25) is 9.59 Å². The molecule has 2 amide bonds. The fourth-order valence-corrected chi connectivity index (χ4v) is 3.84. The Morgan fingerprint density at radius 1 is 1.17 bits per heavy atom. The lowest BCUT2D eigenvalue weighted by Crippen LogP contribution is -2.38. The van der Waals surface area contributed by atoms with Crippen LogP contribution in [0.4, 0.5) is 0 Å². The van der Waals surface area contributed by atoms with Crippen LogP contribution in [0.1, 0.15) is 76.3 Å². The van der Waals surface area contributed by atoms with Crippen molar-refractivity contribution in [2.24, 2.45) is 0 Å². The Hall–Kier alpha value is -2.31. The van der Waals surface area contributed by atoms with Gasteiger partial charge in [0.2, 0.25) is 0 Å². The number of benzene rings is 1. The molecule has 0 saturated heterocycles. The van der Waals surface area contributed by atoms with Gasteiger partial charge in [0.25, 0.3) is 11.8 Å². The standard InChI is InChI=1S/C22H27ClN2O4/c1-12-4-5-14(10-18(12)23)13(2)20-17(11-19(29-20)22(28)24-3)21(27)25-15-6-8-16(26)9-7-15/h4-5,10-11,13,15-16,26H,6-9H2,1-3H3,(H,24,28)(H,25,27)/t13-,15?,16?/m0/s1. The van der Waals surface area contributed by atoms with Crippen molar-refractivity contribution >= 4 is 23.4 Å². The van der Waals surface area contributed by atoms with Crippen molar-refractivity contribution in [2.75, 3.05) is 7.05 Å². The lowest BCUT2D eigenvalue weighted by Gasteiger charge is -2.26. The largest absolute Gasteiger partial charge is 0.454 e. The summed E-state index contributed by atoms with van der Waals surface area (Å²) in [5.74, 6) is -0.403. The Morgan fingerprint density at radius 3 is 2.48 bits per heavy atom. The number of nitrogens with one attached hydrogen (secondary N) is 2. The molecule has 3 rings (SSSR count). The van der Waals surface area contributed by atoms with Gasteiger partial charge in [-0.15, -0.1) is 0 Å². The molecule has 0 radical (unpaired) electrons. The third-order valence-corrected chi connectivity index (χ3v) is 5.98. The van der Waals surface area contributed by atoms with Gasteiger partial charge in [-0.25, -0.2) is 0 Å². The fourth-order valence-electron chi connectivity index (χ4n) is 3.65. The Labute approximate surface area is 175 Å². The van der Waals surface area contributed by atoms with Crippen LogP contribution in [-0.4, -0.2) is 36.1 Å². The number of rotatable bonds is 5. The van der Waals surface area contributed by atoms with E-state index in [1.165, 1.54) is 13.1 Å². The van der Waals surface area contributed by atoms with Crippen molar-refractivity contribution in [2.45, 2.75) is 57.6 Å². The van der Waals surface area contributed by atoms with Gasteiger partial charge < -0.3 is 20.2 Å². The molecule has 7 heteroatoms. The maximum Gasteiger partial charge on any atom is 0.286 e. The van der Waals surface area contributed by atoms with Crippen molar-refractivity contribution in [1.29, 1.82) is 0 Å². The predicted octanol–water partition coefficient (Wildman–Crippen LogP) is 3.79. The summed E-state index contributed by atoms with van der Waals surface area (Å²) in [6.45, 7) is 3.84. The zero-order chi connectivity index (χ0) is 21.1. The molecule has 1 aliphatic carbocycles. The van der Waals surface area contributed by atoms with E-state index in [1.54, 1.807) is 0 Å². The number of hydrogen-bond donors (Lipinski definition) is 3. The Bertz CT molecular complexity index is 900. The van der Waals surface area contributed by atoms with E-state index < -0.39 is 0 Å². The Balaban J connectivity index is 1.90. The number of carbonyl (C=O) groups is 2. The second-order valence-corrected chi connectivity index (χ2v) is 8.08. The molecule has 1 saturated carbocycles. The quantitative estimate of drug-likeness (QED) is 0.688. The van der Waals surface area contributed by atoms with Crippen LogP contribution in [0, 0.1) is 6.92 Å². The highest BCUT2D eigenvalue weighted by molar-refractivity contribution is 6.31. The molecule has 0 spiro atoms. The molecule has 6 nitrogen and oxygen atoms in total. The summed E-state index contributed by atoms with van der Waals surface area (Å²) >= 11 is 6.27. The van der Waals surface area contributed by atoms with E-state index in [0.29, 0.717) is 29.2 Å². The first kappa shape index (κ1) is 21.4. The lowest BCUT2D eigenvalue weighted by atomic mass is 9.92. The van der Waals surface area contributed by atoms with Crippen LogP contribution in [-0.2, 0) is 0 Å². The van der Waals surface area contributed by atoms with Gasteiger partial charge in [0, 0.05) is 30.1 Å². The third kappa shape index (κ3) is 4.82. The summed E-state index contributed by atoms with van der Waals surface area (Å²) in [6.07, 6.45) is 2.51. The summed E-state index contributed by atoms with van der Waals surface area (Å²) < 4.78 is 5.83. The number of furan rings is 1. The number of hydrogen-bond acceptors (Lipinski definition) is 4. The smallest absolute Gasteiger partial charge is 0.286 e. The van der Waals surface area contributed by atoms with Crippen LogP contribution in [0.3, 0.4) is 0 Å². The highest BCUT2D eigenvalue weighted by Gasteiger charge is 2.28. The minimum Gasteiger partial charge on any atom is -0.454 e. The van der Waals surface area contributed by atoms with Gasteiger partial charge >= 0.3 is 0 Å². The van der Waals surface area contributed by atoms with E-state index in [2.05, 4.69) is 10.6 Å². The first-order valence-corrected chi connectivity index (χ1v) is 10.3. The molecule has 0 bridgehead atoms. The average molecular weight is 419 g/mol. The maximum absolute atomic E-state index is 13.0. The Morgan fingerprint density at radius 2 is 1.86 bits per heavy atom. The van der Waals surface area contributed by atoms with Gasteiger partial charge in [0.1, 0.15) is 5.76 Å². The zero-order valence-electron chi connectivity index (χ0n) is 16.9. The minimum absolute atomic E-state index is 0.00114. The van der Waals surface area contributed by atoms with Crippen LogP contribution >= 0.6 is 11.6 Å². The van der Waals surface area contributed by atoms with Gasteiger partial charge in [0.05, 0.1) is 11.7 Å². The van der Waals surface area contributed by atoms with Crippen LogP contribution in [0.15, 0.2) is 28.7 Å². The molecule has 1 heterocycles. The highest BCUT2D eigenvalue weighted by Crippen LogP contribution is 2.32. The molecule has 1 aromatic carbocycles. The van der Waals surface area contributed by atoms with Crippen molar-refractivity contribution in [1.82, 2.24) is 10.6 Å². The van der Waals surface area contributed by atoms with E-state index in [9.17, 15) is 14.7 Å². The first-order valence-electron chi connectivity index (χ1n) is 9.91. The van der Waals surface area contributed by atoms with Crippen molar-refractivity contribution < 1.29 is 19.1 Å². The SMILES string of the molecule is CNC(=O)c1cc(C(=O)NC2CCC(O)CC2)c([C@@H](C)c2ccc(C)c(Cl)c2)o1. The number of amides is 2. The summed E-state index contributed by atoms with van der Waals surface area (Å²) in [5, 5.41) is 15.9. The molecule has 1 aliphatic rings. The average Bonchev–Trinajstić information content (AvgIpc) is 3.16. The minimum atomic E-state index is -0.389. The normalized spacial score (nSPS) is 20.2. The summed E-state index contributed by atoms with van der Waals surface area (Å²) in [6, 6.07) is 7.21. The van der Waals surface area contributed by atoms with Crippen LogP contribution in [0.25, 0.3) is 0 Å². The fraction of sp³-hybridized carbons (Fsp3) is 0.455. The molecular formula is C22H27ClN2O4. The molecule has 0 unspecified atom stereocenters. The van der Waals surface area contributed by atoms with E-state index in [4.69, 9.17) is 16.0 Å². The second kappa shape index (κ2) is 9.01. The molecule has 0 aliphatic heterocycles. The van der Waals surface area contributed by atoms with Gasteiger partial charge in [-0.05, 0) is 49.8 Å². The van der Waals surface area contributed by atoms with Gasteiger partial charge in [-0.2, -0.15) is 0 Å². The maximum atomic E-state index is 13.0. The Kier molecular flexibility index (Phi) is 6.65. The van der Waals surface area contributed by atoms with Crippen LogP contribution in [0.2, 0.25) is 5.02 Å². The number of aliphatic hydroxyl groups excluding tert-OH is 1. The summed E-state index contributed by atoms with van der Waals surface area (Å²) in [4.78, 5) is 25.1.